The van der Waals surface area contributed by atoms with Crippen molar-refractivity contribution in [1.29, 1.82) is 0 Å². The molecule has 1 rings (SSSR count). The van der Waals surface area contributed by atoms with E-state index in [0.717, 1.165) is 32.7 Å². The Morgan fingerprint density at radius 3 is 2.61 bits per heavy atom. The third-order valence-electron chi connectivity index (χ3n) is 3.18. The van der Waals surface area contributed by atoms with Crippen LogP contribution in [-0.4, -0.2) is 65.4 Å². The van der Waals surface area contributed by atoms with Gasteiger partial charge in [-0.05, 0) is 26.8 Å². The van der Waals surface area contributed by atoms with E-state index in [0.29, 0.717) is 19.3 Å². The number of methoxy groups -OCH3 is 1. The van der Waals surface area contributed by atoms with E-state index in [4.69, 9.17) is 18.9 Å². The van der Waals surface area contributed by atoms with E-state index in [-0.39, 0.29) is 12.2 Å². The maximum Gasteiger partial charge on any atom is 0.0990 e. The van der Waals surface area contributed by atoms with E-state index in [2.05, 4.69) is 5.32 Å². The SMILES string of the molecule is CCOC1C(NC)CC1OCCOCCCOC. The van der Waals surface area contributed by atoms with E-state index in [9.17, 15) is 0 Å². The van der Waals surface area contributed by atoms with Gasteiger partial charge >= 0.3 is 0 Å². The molecular formula is C13H27NO4. The Morgan fingerprint density at radius 1 is 1.11 bits per heavy atom. The molecule has 18 heavy (non-hydrogen) atoms. The fourth-order valence-electron chi connectivity index (χ4n) is 2.11. The summed E-state index contributed by atoms with van der Waals surface area (Å²) >= 11 is 0. The molecule has 1 N–H and O–H groups in total. The molecule has 0 radical (unpaired) electrons. The summed E-state index contributed by atoms with van der Waals surface area (Å²) in [4.78, 5) is 0. The molecule has 0 bridgehead atoms. The summed E-state index contributed by atoms with van der Waals surface area (Å²) in [7, 11) is 3.66. The van der Waals surface area contributed by atoms with Gasteiger partial charge in [-0.3, -0.25) is 0 Å². The highest BCUT2D eigenvalue weighted by atomic mass is 16.6. The molecule has 1 saturated carbocycles. The summed E-state index contributed by atoms with van der Waals surface area (Å²) in [6.45, 7) is 5.51. The van der Waals surface area contributed by atoms with Crippen LogP contribution < -0.4 is 5.32 Å². The van der Waals surface area contributed by atoms with Crippen LogP contribution in [0.15, 0.2) is 0 Å². The van der Waals surface area contributed by atoms with Crippen LogP contribution in [0, 0.1) is 0 Å². The van der Waals surface area contributed by atoms with Gasteiger partial charge in [-0.25, -0.2) is 0 Å². The Hall–Kier alpha value is -0.200. The summed E-state index contributed by atoms with van der Waals surface area (Å²) in [5.41, 5.74) is 0. The van der Waals surface area contributed by atoms with Crippen molar-refractivity contribution in [1.82, 2.24) is 5.32 Å². The molecule has 1 aliphatic carbocycles. The highest BCUT2D eigenvalue weighted by Crippen LogP contribution is 2.26. The van der Waals surface area contributed by atoms with Gasteiger partial charge in [-0.15, -0.1) is 0 Å². The predicted octanol–water partition coefficient (Wildman–Crippen LogP) is 0.822. The fraction of sp³-hybridized carbons (Fsp3) is 1.00. The maximum absolute atomic E-state index is 5.76. The molecule has 0 saturated heterocycles. The first-order valence-electron chi connectivity index (χ1n) is 6.80. The summed E-state index contributed by atoms with van der Waals surface area (Å²) in [6, 6.07) is 0.428. The number of rotatable bonds is 11. The summed E-state index contributed by atoms with van der Waals surface area (Å²) in [5, 5.41) is 3.24. The molecule has 5 heteroatoms. The second-order valence-electron chi connectivity index (χ2n) is 4.42. The van der Waals surface area contributed by atoms with Crippen molar-refractivity contribution >= 4 is 0 Å². The number of ether oxygens (including phenoxy) is 4. The van der Waals surface area contributed by atoms with Gasteiger partial charge in [-0.1, -0.05) is 0 Å². The largest absolute Gasteiger partial charge is 0.385 e. The number of nitrogens with one attached hydrogen (secondary N) is 1. The second-order valence-corrected chi connectivity index (χ2v) is 4.42. The van der Waals surface area contributed by atoms with E-state index in [1.54, 1.807) is 7.11 Å². The molecule has 0 aliphatic heterocycles. The lowest BCUT2D eigenvalue weighted by Crippen LogP contribution is -2.59. The van der Waals surface area contributed by atoms with Crippen molar-refractivity contribution < 1.29 is 18.9 Å². The van der Waals surface area contributed by atoms with Crippen molar-refractivity contribution in [3.05, 3.63) is 0 Å². The first kappa shape index (κ1) is 15.9. The van der Waals surface area contributed by atoms with Gasteiger partial charge in [0.05, 0.1) is 25.4 Å². The Bertz CT molecular complexity index is 203. The number of hydrogen-bond donors (Lipinski definition) is 1. The lowest BCUT2D eigenvalue weighted by Gasteiger charge is -2.43. The van der Waals surface area contributed by atoms with Crippen LogP contribution in [0.3, 0.4) is 0 Å². The molecule has 3 unspecified atom stereocenters. The average molecular weight is 261 g/mol. The number of likely N-dealkylation sites (N-methyl/N-ethyl adjacent to an activating group) is 1. The van der Waals surface area contributed by atoms with Crippen molar-refractivity contribution in [2.45, 2.75) is 38.0 Å². The van der Waals surface area contributed by atoms with E-state index < -0.39 is 0 Å². The van der Waals surface area contributed by atoms with Crippen molar-refractivity contribution in [2.24, 2.45) is 0 Å². The Balaban J connectivity index is 1.98. The zero-order valence-electron chi connectivity index (χ0n) is 11.8. The van der Waals surface area contributed by atoms with Crippen molar-refractivity contribution in [2.75, 3.05) is 47.2 Å². The van der Waals surface area contributed by atoms with Gasteiger partial charge in [0.2, 0.25) is 0 Å². The van der Waals surface area contributed by atoms with Gasteiger partial charge in [0.25, 0.3) is 0 Å². The topological polar surface area (TPSA) is 49.0 Å². The van der Waals surface area contributed by atoms with E-state index >= 15 is 0 Å². The van der Waals surface area contributed by atoms with Crippen LogP contribution in [0.4, 0.5) is 0 Å². The van der Waals surface area contributed by atoms with Crippen LogP contribution in [0.25, 0.3) is 0 Å². The molecule has 1 aliphatic rings. The minimum absolute atomic E-state index is 0.188. The zero-order valence-corrected chi connectivity index (χ0v) is 11.8. The molecule has 5 nitrogen and oxygen atoms in total. The van der Waals surface area contributed by atoms with Crippen LogP contribution in [0.5, 0.6) is 0 Å². The highest BCUT2D eigenvalue weighted by Gasteiger charge is 2.41. The van der Waals surface area contributed by atoms with Crippen LogP contribution in [0.2, 0.25) is 0 Å². The number of hydrogen-bond acceptors (Lipinski definition) is 5. The zero-order chi connectivity index (χ0) is 13.2. The van der Waals surface area contributed by atoms with Gasteiger partial charge in [0.15, 0.2) is 0 Å². The molecule has 0 heterocycles. The Morgan fingerprint density at radius 2 is 1.94 bits per heavy atom. The van der Waals surface area contributed by atoms with Gasteiger partial charge in [-0.2, -0.15) is 0 Å². The summed E-state index contributed by atoms with van der Waals surface area (Å²) < 4.78 is 21.8. The molecule has 0 amide bonds. The molecule has 3 atom stereocenters. The molecule has 0 aromatic rings. The molecular weight excluding hydrogens is 234 g/mol. The van der Waals surface area contributed by atoms with Crippen LogP contribution in [-0.2, 0) is 18.9 Å². The molecule has 0 spiro atoms. The summed E-state index contributed by atoms with van der Waals surface area (Å²) in [5.74, 6) is 0. The average Bonchev–Trinajstić information content (AvgIpc) is 2.37. The maximum atomic E-state index is 5.76. The van der Waals surface area contributed by atoms with Gasteiger partial charge in [0, 0.05) is 33.0 Å². The fourth-order valence-corrected chi connectivity index (χ4v) is 2.11. The molecule has 1 fully saturated rings. The first-order chi connectivity index (χ1) is 8.83. The van der Waals surface area contributed by atoms with Crippen LogP contribution >= 0.6 is 0 Å². The Kier molecular flexibility index (Phi) is 8.54. The third-order valence-corrected chi connectivity index (χ3v) is 3.18. The second kappa shape index (κ2) is 9.69. The van der Waals surface area contributed by atoms with E-state index in [1.165, 1.54) is 0 Å². The normalized spacial score (nSPS) is 27.2. The third kappa shape index (κ3) is 5.20. The van der Waals surface area contributed by atoms with Gasteiger partial charge in [0.1, 0.15) is 0 Å². The molecule has 108 valence electrons. The molecule has 0 aromatic heterocycles. The quantitative estimate of drug-likeness (QED) is 0.558. The lowest BCUT2D eigenvalue weighted by atomic mass is 9.85. The minimum atomic E-state index is 0.188. The van der Waals surface area contributed by atoms with Crippen molar-refractivity contribution in [3.8, 4) is 0 Å². The monoisotopic (exact) mass is 261 g/mol. The van der Waals surface area contributed by atoms with Gasteiger partial charge < -0.3 is 24.3 Å². The van der Waals surface area contributed by atoms with Crippen LogP contribution in [0.1, 0.15) is 19.8 Å². The minimum Gasteiger partial charge on any atom is -0.385 e. The predicted molar refractivity (Wildman–Crippen MR) is 69.9 cm³/mol. The Labute approximate surface area is 110 Å². The van der Waals surface area contributed by atoms with Crippen molar-refractivity contribution in [3.63, 3.8) is 0 Å². The standard InChI is InChI=1S/C13H27NO4/c1-4-17-13-11(14-2)10-12(13)18-9-8-16-7-5-6-15-3/h11-14H,4-10H2,1-3H3. The first-order valence-corrected chi connectivity index (χ1v) is 6.80. The van der Waals surface area contributed by atoms with E-state index in [1.807, 2.05) is 14.0 Å². The molecule has 0 aromatic carbocycles. The highest BCUT2D eigenvalue weighted by molar-refractivity contribution is 4.96. The lowest BCUT2D eigenvalue weighted by molar-refractivity contribution is -0.149. The summed E-state index contributed by atoms with van der Waals surface area (Å²) in [6.07, 6.45) is 2.35. The smallest absolute Gasteiger partial charge is 0.0990 e.